The molecule has 1 aliphatic carbocycles. The van der Waals surface area contributed by atoms with E-state index in [1.54, 1.807) is 0 Å². The zero-order chi connectivity index (χ0) is 12.2. The Morgan fingerprint density at radius 3 is 2.56 bits per heavy atom. The van der Waals surface area contributed by atoms with Crippen molar-refractivity contribution in [2.24, 2.45) is 0 Å². The van der Waals surface area contributed by atoms with Crippen molar-refractivity contribution in [2.75, 3.05) is 20.3 Å². The van der Waals surface area contributed by atoms with Crippen LogP contribution in [-0.2, 0) is 14.3 Å². The first-order chi connectivity index (χ1) is 7.42. The molecule has 16 heavy (non-hydrogen) atoms. The Hall–Kier alpha value is -0.820. The number of carbonyl (C=O) groups is 1. The predicted octanol–water partition coefficient (Wildman–Crippen LogP) is 0.859. The molecule has 0 heterocycles. The lowest BCUT2D eigenvalue weighted by Gasteiger charge is -2.16. The van der Waals surface area contributed by atoms with Gasteiger partial charge < -0.3 is 9.47 Å². The Morgan fingerprint density at radius 2 is 2.12 bits per heavy atom. The molecule has 1 rings (SSSR count). The highest BCUT2D eigenvalue weighted by molar-refractivity contribution is 5.75. The number of halogens is 3. The Morgan fingerprint density at radius 1 is 1.50 bits per heavy atom. The maximum atomic E-state index is 11.8. The van der Waals surface area contributed by atoms with E-state index in [4.69, 9.17) is 0 Å². The Labute approximate surface area is 91.1 Å². The Bertz CT molecular complexity index is 241. The third-order valence-corrected chi connectivity index (χ3v) is 2.05. The zero-order valence-corrected chi connectivity index (χ0v) is 8.84. The van der Waals surface area contributed by atoms with Crippen molar-refractivity contribution in [3.63, 3.8) is 0 Å². The van der Waals surface area contributed by atoms with Crippen LogP contribution in [0.25, 0.3) is 0 Å². The van der Waals surface area contributed by atoms with Crippen molar-refractivity contribution >= 4 is 5.97 Å². The van der Waals surface area contributed by atoms with E-state index in [2.05, 4.69) is 14.8 Å². The molecule has 0 aromatic carbocycles. The number of ether oxygens (including phenoxy) is 2. The molecule has 0 spiro atoms. The number of methoxy groups -OCH3 is 1. The van der Waals surface area contributed by atoms with Gasteiger partial charge in [0.15, 0.2) is 0 Å². The average Bonchev–Trinajstić information content (AvgIpc) is 2.97. The lowest BCUT2D eigenvalue weighted by Crippen LogP contribution is -2.43. The van der Waals surface area contributed by atoms with E-state index in [9.17, 15) is 18.0 Å². The highest BCUT2D eigenvalue weighted by Crippen LogP contribution is 2.20. The van der Waals surface area contributed by atoms with Gasteiger partial charge in [0, 0.05) is 6.04 Å². The van der Waals surface area contributed by atoms with Crippen molar-refractivity contribution in [2.45, 2.75) is 31.1 Å². The molecule has 7 heteroatoms. The first-order valence-electron chi connectivity index (χ1n) is 4.91. The van der Waals surface area contributed by atoms with Gasteiger partial charge in [-0.3, -0.25) is 10.1 Å². The van der Waals surface area contributed by atoms with Gasteiger partial charge in [0.1, 0.15) is 12.6 Å². The minimum Gasteiger partial charge on any atom is -0.468 e. The van der Waals surface area contributed by atoms with Crippen LogP contribution in [0.5, 0.6) is 0 Å². The van der Waals surface area contributed by atoms with Crippen molar-refractivity contribution in [1.82, 2.24) is 5.32 Å². The topological polar surface area (TPSA) is 47.6 Å². The van der Waals surface area contributed by atoms with Crippen molar-refractivity contribution in [1.29, 1.82) is 0 Å². The fraction of sp³-hybridized carbons (Fsp3) is 0.889. The van der Waals surface area contributed by atoms with Gasteiger partial charge in [-0.1, -0.05) is 0 Å². The SMILES string of the molecule is COC(=O)C(COCC(F)(F)F)NC1CC1. The van der Waals surface area contributed by atoms with Crippen molar-refractivity contribution < 1.29 is 27.4 Å². The minimum absolute atomic E-state index is 0.193. The number of hydrogen-bond acceptors (Lipinski definition) is 4. The number of esters is 1. The highest BCUT2D eigenvalue weighted by atomic mass is 19.4. The molecule has 0 saturated heterocycles. The zero-order valence-electron chi connectivity index (χ0n) is 8.84. The number of rotatable bonds is 6. The maximum absolute atomic E-state index is 11.8. The summed E-state index contributed by atoms with van der Waals surface area (Å²) in [5, 5.41) is 2.86. The van der Waals surface area contributed by atoms with E-state index >= 15 is 0 Å². The van der Waals surface area contributed by atoms with Crippen LogP contribution in [0.4, 0.5) is 13.2 Å². The second-order valence-electron chi connectivity index (χ2n) is 3.65. The molecule has 0 radical (unpaired) electrons. The quantitative estimate of drug-likeness (QED) is 0.701. The van der Waals surface area contributed by atoms with Gasteiger partial charge >= 0.3 is 12.1 Å². The molecule has 0 amide bonds. The summed E-state index contributed by atoms with van der Waals surface area (Å²) in [6.45, 7) is -1.68. The van der Waals surface area contributed by atoms with Crippen LogP contribution in [-0.4, -0.2) is 44.6 Å². The summed E-state index contributed by atoms with van der Waals surface area (Å²) in [5.41, 5.74) is 0. The maximum Gasteiger partial charge on any atom is 0.411 e. The van der Waals surface area contributed by atoms with Crippen LogP contribution < -0.4 is 5.32 Å². The molecule has 1 aliphatic rings. The van der Waals surface area contributed by atoms with Crippen LogP contribution in [0.15, 0.2) is 0 Å². The molecular weight excluding hydrogens is 227 g/mol. The number of nitrogens with one attached hydrogen (secondary N) is 1. The highest BCUT2D eigenvalue weighted by Gasteiger charge is 2.32. The predicted molar refractivity (Wildman–Crippen MR) is 48.8 cm³/mol. The second kappa shape index (κ2) is 5.49. The van der Waals surface area contributed by atoms with Gasteiger partial charge in [-0.15, -0.1) is 0 Å². The van der Waals surface area contributed by atoms with E-state index in [1.807, 2.05) is 0 Å². The molecule has 1 fully saturated rings. The van der Waals surface area contributed by atoms with Gasteiger partial charge in [-0.2, -0.15) is 13.2 Å². The van der Waals surface area contributed by atoms with E-state index in [0.29, 0.717) is 0 Å². The summed E-state index contributed by atoms with van der Waals surface area (Å²) >= 11 is 0. The van der Waals surface area contributed by atoms with Crippen molar-refractivity contribution in [3.05, 3.63) is 0 Å². The molecule has 4 nitrogen and oxygen atoms in total. The van der Waals surface area contributed by atoms with E-state index in [1.165, 1.54) is 7.11 Å². The molecule has 1 N–H and O–H groups in total. The van der Waals surface area contributed by atoms with Crippen LogP contribution in [0.3, 0.4) is 0 Å². The molecular formula is C9H14F3NO3. The van der Waals surface area contributed by atoms with Gasteiger partial charge in [0.05, 0.1) is 13.7 Å². The normalized spacial score (nSPS) is 18.2. The number of hydrogen-bond donors (Lipinski definition) is 1. The van der Waals surface area contributed by atoms with Crippen molar-refractivity contribution in [3.8, 4) is 0 Å². The van der Waals surface area contributed by atoms with Gasteiger partial charge in [-0.05, 0) is 12.8 Å². The largest absolute Gasteiger partial charge is 0.468 e. The Balaban J connectivity index is 2.28. The first-order valence-corrected chi connectivity index (χ1v) is 4.91. The summed E-state index contributed by atoms with van der Waals surface area (Å²) in [6, 6.07) is -0.626. The van der Waals surface area contributed by atoms with Crippen LogP contribution in [0.1, 0.15) is 12.8 Å². The fourth-order valence-corrected chi connectivity index (χ4v) is 1.15. The Kier molecular flexibility index (Phi) is 4.55. The summed E-state index contributed by atoms with van der Waals surface area (Å²) in [6.07, 6.45) is -2.53. The molecule has 0 aliphatic heterocycles. The van der Waals surface area contributed by atoms with E-state index < -0.39 is 24.8 Å². The molecule has 1 unspecified atom stereocenters. The van der Waals surface area contributed by atoms with Gasteiger partial charge in [0.2, 0.25) is 0 Å². The van der Waals surface area contributed by atoms with Crippen LogP contribution in [0, 0.1) is 0 Å². The second-order valence-corrected chi connectivity index (χ2v) is 3.65. The van der Waals surface area contributed by atoms with E-state index in [-0.39, 0.29) is 12.6 Å². The minimum atomic E-state index is -4.37. The molecule has 94 valence electrons. The monoisotopic (exact) mass is 241 g/mol. The van der Waals surface area contributed by atoms with E-state index in [0.717, 1.165) is 12.8 Å². The standard InChI is InChI=1S/C9H14F3NO3/c1-15-8(14)7(13-6-2-3-6)4-16-5-9(10,11)12/h6-7,13H,2-5H2,1H3. The molecule has 1 atom stereocenters. The van der Waals surface area contributed by atoms with Gasteiger partial charge in [0.25, 0.3) is 0 Å². The van der Waals surface area contributed by atoms with Crippen LogP contribution in [0.2, 0.25) is 0 Å². The van der Waals surface area contributed by atoms with Crippen LogP contribution >= 0.6 is 0 Å². The summed E-state index contributed by atoms with van der Waals surface area (Å²) in [4.78, 5) is 11.2. The lowest BCUT2D eigenvalue weighted by atomic mass is 10.3. The molecule has 0 aromatic rings. The average molecular weight is 241 g/mol. The summed E-state index contributed by atoms with van der Waals surface area (Å²) < 4.78 is 44.3. The molecule has 1 saturated carbocycles. The third-order valence-electron chi connectivity index (χ3n) is 2.05. The molecule has 0 bridgehead atoms. The summed E-state index contributed by atoms with van der Waals surface area (Å²) in [7, 11) is 1.19. The number of carbonyl (C=O) groups excluding carboxylic acids is 1. The fourth-order valence-electron chi connectivity index (χ4n) is 1.15. The third kappa shape index (κ3) is 5.32. The lowest BCUT2D eigenvalue weighted by molar-refractivity contribution is -0.178. The smallest absolute Gasteiger partial charge is 0.411 e. The molecule has 0 aromatic heterocycles. The number of alkyl halides is 3. The van der Waals surface area contributed by atoms with Gasteiger partial charge in [-0.25, -0.2) is 0 Å². The summed E-state index contributed by atoms with van der Waals surface area (Å²) in [5.74, 6) is -0.603. The first kappa shape index (κ1) is 13.2.